The van der Waals surface area contributed by atoms with Crippen LogP contribution in [0.5, 0.6) is 11.5 Å². The topological polar surface area (TPSA) is 35.0 Å². The summed E-state index contributed by atoms with van der Waals surface area (Å²) in [5, 5.41) is 1.15. The minimum Gasteiger partial charge on any atom is -0.457 e. The lowest BCUT2D eigenvalue weighted by molar-refractivity contribution is 0.436. The van der Waals surface area contributed by atoms with Crippen LogP contribution in [-0.4, -0.2) is 9.97 Å². The first-order valence-corrected chi connectivity index (χ1v) is 22.2. The fourth-order valence-corrected chi connectivity index (χ4v) is 11.3. The van der Waals surface area contributed by atoms with Gasteiger partial charge in [-0.3, -0.25) is 0 Å². The van der Waals surface area contributed by atoms with E-state index in [-0.39, 0.29) is 0 Å². The van der Waals surface area contributed by atoms with Gasteiger partial charge in [0.25, 0.3) is 0 Å². The van der Waals surface area contributed by atoms with Crippen molar-refractivity contribution in [1.82, 2.24) is 9.97 Å². The van der Waals surface area contributed by atoms with Crippen molar-refractivity contribution < 1.29 is 4.74 Å². The Kier molecular flexibility index (Phi) is 7.99. The zero-order chi connectivity index (χ0) is 41.5. The predicted octanol–water partition coefficient (Wildman–Crippen LogP) is 15.6. The number of nitrogens with zero attached hydrogens (tertiary/aromatic N) is 2. The van der Waals surface area contributed by atoms with Gasteiger partial charge in [0.2, 0.25) is 0 Å². The molecule has 0 atom stereocenters. The average Bonchev–Trinajstić information content (AvgIpc) is 3.88. The highest BCUT2D eigenvalue weighted by atomic mass is 32.1. The van der Waals surface area contributed by atoms with E-state index in [1.165, 1.54) is 49.2 Å². The molecule has 0 unspecified atom stereocenters. The molecule has 4 heteroatoms. The van der Waals surface area contributed by atoms with E-state index in [4.69, 9.17) is 14.7 Å². The predicted molar refractivity (Wildman–Crippen MR) is 259 cm³/mol. The molecule has 3 heterocycles. The van der Waals surface area contributed by atoms with Crippen molar-refractivity contribution in [2.24, 2.45) is 0 Å². The number of hydrogen-bond donors (Lipinski definition) is 0. The van der Waals surface area contributed by atoms with Crippen LogP contribution in [-0.2, 0) is 5.41 Å². The summed E-state index contributed by atoms with van der Waals surface area (Å²) in [4.78, 5) is 10.6. The van der Waals surface area contributed by atoms with Gasteiger partial charge in [0, 0.05) is 32.3 Å². The summed E-state index contributed by atoms with van der Waals surface area (Å²) in [7, 11) is 0. The van der Waals surface area contributed by atoms with Gasteiger partial charge in [-0.1, -0.05) is 194 Å². The monoisotopic (exact) mass is 820 g/mol. The van der Waals surface area contributed by atoms with Crippen molar-refractivity contribution in [2.75, 3.05) is 0 Å². The van der Waals surface area contributed by atoms with Gasteiger partial charge in [0.1, 0.15) is 11.5 Å². The summed E-state index contributed by atoms with van der Waals surface area (Å²) in [5.41, 5.74) is 17.9. The molecule has 0 bridgehead atoms. The van der Waals surface area contributed by atoms with Gasteiger partial charge in [-0.2, -0.15) is 0 Å². The van der Waals surface area contributed by atoms with Gasteiger partial charge >= 0.3 is 0 Å². The number of ether oxygens (including phenoxy) is 1. The summed E-state index contributed by atoms with van der Waals surface area (Å²) in [6.07, 6.45) is 0. The number of hydrogen-bond acceptors (Lipinski definition) is 4. The number of fused-ring (bicyclic) bond motifs is 12. The van der Waals surface area contributed by atoms with Crippen LogP contribution in [0.25, 0.3) is 87.5 Å². The first-order valence-electron chi connectivity index (χ1n) is 21.4. The van der Waals surface area contributed by atoms with E-state index >= 15 is 0 Å². The number of benzene rings is 9. The Morgan fingerprint density at radius 1 is 0.365 bits per heavy atom. The molecular formula is C59H36N2OS. The van der Waals surface area contributed by atoms with Gasteiger partial charge in [-0.15, -0.1) is 11.3 Å². The quantitative estimate of drug-likeness (QED) is 0.173. The highest BCUT2D eigenvalue weighted by Crippen LogP contribution is 2.62. The number of para-hydroxylation sites is 2. The molecule has 0 fully saturated rings. The Hall–Kier alpha value is -7.92. The Balaban J connectivity index is 0.880. The Labute approximate surface area is 369 Å². The molecule has 0 amide bonds. The second-order valence-corrected chi connectivity index (χ2v) is 17.4. The third-order valence-corrected chi connectivity index (χ3v) is 14.2. The van der Waals surface area contributed by atoms with E-state index in [0.717, 1.165) is 72.0 Å². The van der Waals surface area contributed by atoms with E-state index in [1.54, 1.807) is 11.3 Å². The fraction of sp³-hybridized carbons (Fsp3) is 0.0169. The van der Waals surface area contributed by atoms with Crippen LogP contribution in [0.2, 0.25) is 0 Å². The Bertz CT molecular complexity index is 3540. The molecule has 0 N–H and O–H groups in total. The first-order chi connectivity index (χ1) is 31.2. The van der Waals surface area contributed by atoms with Crippen LogP contribution in [0.15, 0.2) is 218 Å². The minimum atomic E-state index is -0.494. The largest absolute Gasteiger partial charge is 0.457 e. The van der Waals surface area contributed by atoms with Gasteiger partial charge in [0.05, 0.1) is 21.3 Å². The van der Waals surface area contributed by atoms with Gasteiger partial charge in [-0.05, 0) is 79.9 Å². The zero-order valence-corrected chi connectivity index (χ0v) is 34.8. The summed E-state index contributed by atoms with van der Waals surface area (Å²) >= 11 is 1.76. The lowest BCUT2D eigenvalue weighted by Gasteiger charge is -2.39. The fourth-order valence-electron chi connectivity index (χ4n) is 10.2. The van der Waals surface area contributed by atoms with Crippen molar-refractivity contribution in [3.63, 3.8) is 0 Å². The molecular weight excluding hydrogens is 785 g/mol. The van der Waals surface area contributed by atoms with Crippen LogP contribution in [0.4, 0.5) is 0 Å². The standard InChI is InChI=1S/C59H36N2OS/c1-2-14-40(15-3-1)43-16-4-5-18-46(43)58-60-55(57-56(61-58)47-19-7-13-25-54(47)63-57)41-32-30-38(31-33-41)37-26-28-39(29-27-37)42-34-35-45-44-17-6-8-20-48(44)59(51(45)36-42)49-21-9-11-23-52(49)62-53-24-12-10-22-50(53)59/h1-36H. The molecule has 2 aliphatic rings. The molecule has 0 saturated heterocycles. The summed E-state index contributed by atoms with van der Waals surface area (Å²) in [6, 6.07) is 78.4. The maximum Gasteiger partial charge on any atom is 0.161 e. The average molecular weight is 821 g/mol. The molecule has 9 aromatic carbocycles. The summed E-state index contributed by atoms with van der Waals surface area (Å²) < 4.78 is 8.87. The Morgan fingerprint density at radius 2 is 0.889 bits per heavy atom. The number of rotatable bonds is 5. The highest BCUT2D eigenvalue weighted by Gasteiger charge is 2.51. The lowest BCUT2D eigenvalue weighted by atomic mass is 9.66. The summed E-state index contributed by atoms with van der Waals surface area (Å²) in [5.74, 6) is 2.54. The molecule has 3 nitrogen and oxygen atoms in total. The van der Waals surface area contributed by atoms with E-state index in [0.29, 0.717) is 0 Å². The van der Waals surface area contributed by atoms with E-state index < -0.39 is 5.41 Å². The maximum absolute atomic E-state index is 6.57. The third kappa shape index (κ3) is 5.45. The van der Waals surface area contributed by atoms with Crippen molar-refractivity contribution in [2.45, 2.75) is 5.41 Å². The number of aromatic nitrogens is 2. The molecule has 63 heavy (non-hydrogen) atoms. The van der Waals surface area contributed by atoms with Crippen molar-refractivity contribution >= 4 is 31.6 Å². The SMILES string of the molecule is c1ccc(-c2ccccc2-c2nc(-c3ccc(-c4ccc(-c5ccc6c(c5)C5(c7ccccc7Oc7ccccc75)c5ccccc5-6)cc4)cc3)c3sc4ccccc4c3n2)cc1. The molecule has 11 aromatic rings. The molecule has 0 saturated carbocycles. The molecule has 294 valence electrons. The van der Waals surface area contributed by atoms with Crippen LogP contribution in [0.3, 0.4) is 0 Å². The van der Waals surface area contributed by atoms with Crippen LogP contribution >= 0.6 is 11.3 Å². The third-order valence-electron chi connectivity index (χ3n) is 13.0. The van der Waals surface area contributed by atoms with Crippen molar-refractivity contribution in [3.8, 4) is 78.7 Å². The molecule has 1 spiro atoms. The molecule has 2 aromatic heterocycles. The smallest absolute Gasteiger partial charge is 0.161 e. The Morgan fingerprint density at radius 3 is 1.60 bits per heavy atom. The van der Waals surface area contributed by atoms with Crippen molar-refractivity contribution in [1.29, 1.82) is 0 Å². The van der Waals surface area contributed by atoms with Gasteiger partial charge < -0.3 is 4.74 Å². The van der Waals surface area contributed by atoms with E-state index in [1.807, 2.05) is 0 Å². The normalized spacial score (nSPS) is 13.0. The second-order valence-electron chi connectivity index (χ2n) is 16.4. The highest BCUT2D eigenvalue weighted by molar-refractivity contribution is 7.26. The lowest BCUT2D eigenvalue weighted by Crippen LogP contribution is -2.32. The molecule has 1 aliphatic carbocycles. The first kappa shape index (κ1) is 35.8. The van der Waals surface area contributed by atoms with Crippen molar-refractivity contribution in [3.05, 3.63) is 241 Å². The van der Waals surface area contributed by atoms with E-state index in [9.17, 15) is 0 Å². The minimum absolute atomic E-state index is 0.494. The van der Waals surface area contributed by atoms with E-state index in [2.05, 4.69) is 218 Å². The zero-order valence-electron chi connectivity index (χ0n) is 34.0. The number of thiophene rings is 1. The van der Waals surface area contributed by atoms with Crippen LogP contribution in [0.1, 0.15) is 22.3 Å². The molecule has 13 rings (SSSR count). The second kappa shape index (κ2) is 14.1. The van der Waals surface area contributed by atoms with Gasteiger partial charge in [-0.25, -0.2) is 9.97 Å². The maximum atomic E-state index is 6.57. The molecule has 0 radical (unpaired) electrons. The molecule has 1 aliphatic heterocycles. The van der Waals surface area contributed by atoms with Crippen LogP contribution < -0.4 is 4.74 Å². The van der Waals surface area contributed by atoms with Gasteiger partial charge in [0.15, 0.2) is 5.82 Å². The summed E-state index contributed by atoms with van der Waals surface area (Å²) in [6.45, 7) is 0. The van der Waals surface area contributed by atoms with Crippen LogP contribution in [0, 0.1) is 0 Å².